The van der Waals surface area contributed by atoms with Gasteiger partial charge in [0.25, 0.3) is 0 Å². The third-order valence-corrected chi connectivity index (χ3v) is 4.90. The predicted molar refractivity (Wildman–Crippen MR) is 86.4 cm³/mol. The second-order valence-corrected chi connectivity index (χ2v) is 7.46. The Labute approximate surface area is 126 Å². The van der Waals surface area contributed by atoms with Crippen LogP contribution in [0.25, 0.3) is 0 Å². The lowest BCUT2D eigenvalue weighted by Crippen LogP contribution is -2.30. The molecule has 0 amide bonds. The number of rotatable bonds is 2. The minimum absolute atomic E-state index is 0.636. The fraction of sp³-hybridized carbons (Fsp3) is 0.571. The minimum atomic E-state index is 0.636. The van der Waals surface area contributed by atoms with Crippen LogP contribution < -0.4 is 5.32 Å². The lowest BCUT2D eigenvalue weighted by Gasteiger charge is -2.32. The molecule has 0 saturated heterocycles. The van der Waals surface area contributed by atoms with Gasteiger partial charge in [-0.3, -0.25) is 0 Å². The summed E-state index contributed by atoms with van der Waals surface area (Å²) in [5, 5.41) is 3.71. The standard InChI is InChI=1S/C14H19BrIN/c1-9-5-10(2)7-12(6-9)17-14-8-11(15)3-4-13(14)16/h3-4,8-10,12,17H,5-7H2,1-2H3. The van der Waals surface area contributed by atoms with Crippen LogP contribution in [0.3, 0.4) is 0 Å². The topological polar surface area (TPSA) is 12.0 Å². The van der Waals surface area contributed by atoms with Gasteiger partial charge >= 0.3 is 0 Å². The Morgan fingerprint density at radius 2 is 1.82 bits per heavy atom. The van der Waals surface area contributed by atoms with Crippen molar-refractivity contribution in [2.24, 2.45) is 11.8 Å². The van der Waals surface area contributed by atoms with Crippen molar-refractivity contribution in [1.29, 1.82) is 0 Å². The largest absolute Gasteiger partial charge is 0.381 e. The van der Waals surface area contributed by atoms with Gasteiger partial charge in [0.05, 0.1) is 0 Å². The smallest absolute Gasteiger partial charge is 0.0489 e. The zero-order valence-electron chi connectivity index (χ0n) is 10.3. The Hall–Kier alpha value is 0.230. The monoisotopic (exact) mass is 407 g/mol. The molecule has 1 N–H and O–H groups in total. The SMILES string of the molecule is CC1CC(C)CC(Nc2cc(Br)ccc2I)C1. The maximum Gasteiger partial charge on any atom is 0.0489 e. The van der Waals surface area contributed by atoms with E-state index in [1.54, 1.807) is 0 Å². The van der Waals surface area contributed by atoms with Crippen molar-refractivity contribution < 1.29 is 0 Å². The van der Waals surface area contributed by atoms with Crippen LogP contribution in [0.1, 0.15) is 33.1 Å². The van der Waals surface area contributed by atoms with E-state index in [-0.39, 0.29) is 0 Å². The molecule has 0 radical (unpaired) electrons. The van der Waals surface area contributed by atoms with Gasteiger partial charge in [0, 0.05) is 19.8 Å². The third-order valence-electron chi connectivity index (χ3n) is 3.47. The van der Waals surface area contributed by atoms with Crippen LogP contribution in [0.5, 0.6) is 0 Å². The number of nitrogens with one attached hydrogen (secondary N) is 1. The van der Waals surface area contributed by atoms with Crippen molar-refractivity contribution in [3.63, 3.8) is 0 Å². The molecule has 94 valence electrons. The molecule has 2 unspecified atom stereocenters. The van der Waals surface area contributed by atoms with E-state index >= 15 is 0 Å². The number of anilines is 1. The highest BCUT2D eigenvalue weighted by atomic mass is 127. The van der Waals surface area contributed by atoms with Crippen LogP contribution in [0, 0.1) is 15.4 Å². The molecule has 1 saturated carbocycles. The molecule has 2 rings (SSSR count). The van der Waals surface area contributed by atoms with E-state index in [0.717, 1.165) is 16.3 Å². The lowest BCUT2D eigenvalue weighted by atomic mass is 9.80. The van der Waals surface area contributed by atoms with E-state index in [1.807, 2.05) is 0 Å². The summed E-state index contributed by atoms with van der Waals surface area (Å²) >= 11 is 5.94. The second-order valence-electron chi connectivity index (χ2n) is 5.38. The van der Waals surface area contributed by atoms with Crippen molar-refractivity contribution in [2.45, 2.75) is 39.2 Å². The molecule has 0 aliphatic heterocycles. The van der Waals surface area contributed by atoms with E-state index in [1.165, 1.54) is 28.5 Å². The maximum atomic E-state index is 3.71. The van der Waals surface area contributed by atoms with Gasteiger partial charge in [0.1, 0.15) is 0 Å². The molecule has 0 heterocycles. The Kier molecular flexibility index (Phi) is 4.75. The molecule has 0 spiro atoms. The first-order valence-corrected chi connectivity index (χ1v) is 8.13. The normalized spacial score (nSPS) is 29.1. The summed E-state index contributed by atoms with van der Waals surface area (Å²) in [6.07, 6.45) is 3.98. The second kappa shape index (κ2) is 5.91. The summed E-state index contributed by atoms with van der Waals surface area (Å²) in [4.78, 5) is 0. The Morgan fingerprint density at radius 3 is 2.47 bits per heavy atom. The zero-order chi connectivity index (χ0) is 12.4. The van der Waals surface area contributed by atoms with Crippen LogP contribution in [-0.4, -0.2) is 6.04 Å². The molecule has 1 fully saturated rings. The van der Waals surface area contributed by atoms with Gasteiger partial charge < -0.3 is 5.32 Å². The summed E-state index contributed by atoms with van der Waals surface area (Å²) in [7, 11) is 0. The van der Waals surface area contributed by atoms with Gasteiger partial charge in [-0.2, -0.15) is 0 Å². The van der Waals surface area contributed by atoms with E-state index in [0.29, 0.717) is 6.04 Å². The average Bonchev–Trinajstić information content (AvgIpc) is 2.22. The highest BCUT2D eigenvalue weighted by Crippen LogP contribution is 2.32. The quantitative estimate of drug-likeness (QED) is 0.656. The molecule has 1 aliphatic carbocycles. The maximum absolute atomic E-state index is 3.71. The number of hydrogen-bond donors (Lipinski definition) is 1. The van der Waals surface area contributed by atoms with Crippen molar-refractivity contribution in [1.82, 2.24) is 0 Å². The van der Waals surface area contributed by atoms with Crippen molar-refractivity contribution in [3.05, 3.63) is 26.2 Å². The number of hydrogen-bond acceptors (Lipinski definition) is 1. The fourth-order valence-electron chi connectivity index (χ4n) is 2.89. The number of halogens is 2. The highest BCUT2D eigenvalue weighted by molar-refractivity contribution is 14.1. The molecule has 17 heavy (non-hydrogen) atoms. The summed E-state index contributed by atoms with van der Waals surface area (Å²) < 4.78 is 2.45. The first-order chi connectivity index (χ1) is 8.04. The summed E-state index contributed by atoms with van der Waals surface area (Å²) in [5.41, 5.74) is 1.27. The van der Waals surface area contributed by atoms with E-state index in [9.17, 15) is 0 Å². The van der Waals surface area contributed by atoms with E-state index in [2.05, 4.69) is 75.9 Å². The van der Waals surface area contributed by atoms with Gasteiger partial charge in [-0.05, 0) is 71.9 Å². The van der Waals surface area contributed by atoms with Crippen LogP contribution in [-0.2, 0) is 0 Å². The minimum Gasteiger partial charge on any atom is -0.381 e. The van der Waals surface area contributed by atoms with Crippen molar-refractivity contribution in [3.8, 4) is 0 Å². The van der Waals surface area contributed by atoms with Gasteiger partial charge in [-0.25, -0.2) is 0 Å². The Balaban J connectivity index is 2.07. The van der Waals surface area contributed by atoms with Crippen LogP contribution in [0.15, 0.2) is 22.7 Å². The Morgan fingerprint density at radius 1 is 1.18 bits per heavy atom. The molecular formula is C14H19BrIN. The summed E-state index contributed by atoms with van der Waals surface area (Å²) in [5.74, 6) is 1.70. The molecule has 1 nitrogen and oxygen atoms in total. The molecule has 1 aromatic carbocycles. The Bertz CT molecular complexity index is 384. The van der Waals surface area contributed by atoms with Crippen molar-refractivity contribution in [2.75, 3.05) is 5.32 Å². The van der Waals surface area contributed by atoms with Crippen LogP contribution in [0.2, 0.25) is 0 Å². The lowest BCUT2D eigenvalue weighted by molar-refractivity contribution is 0.281. The summed E-state index contributed by atoms with van der Waals surface area (Å²) in [6.45, 7) is 4.74. The zero-order valence-corrected chi connectivity index (χ0v) is 14.1. The van der Waals surface area contributed by atoms with Crippen LogP contribution >= 0.6 is 38.5 Å². The van der Waals surface area contributed by atoms with Gasteiger partial charge in [-0.15, -0.1) is 0 Å². The average molecular weight is 408 g/mol. The fourth-order valence-corrected chi connectivity index (χ4v) is 3.75. The number of benzene rings is 1. The molecule has 0 aromatic heterocycles. The van der Waals surface area contributed by atoms with Crippen molar-refractivity contribution >= 4 is 44.2 Å². The molecule has 3 heteroatoms. The highest BCUT2D eigenvalue weighted by Gasteiger charge is 2.24. The predicted octanol–water partition coefficient (Wildman–Crippen LogP) is 5.29. The van der Waals surface area contributed by atoms with Gasteiger partial charge in [0.15, 0.2) is 0 Å². The molecule has 2 atom stereocenters. The van der Waals surface area contributed by atoms with Gasteiger partial charge in [0.2, 0.25) is 0 Å². The first kappa shape index (κ1) is 13.7. The van der Waals surface area contributed by atoms with Gasteiger partial charge in [-0.1, -0.05) is 29.8 Å². The van der Waals surface area contributed by atoms with Crippen LogP contribution in [0.4, 0.5) is 5.69 Å². The first-order valence-electron chi connectivity index (χ1n) is 6.26. The van der Waals surface area contributed by atoms with E-state index in [4.69, 9.17) is 0 Å². The molecule has 1 aromatic rings. The molecule has 1 aliphatic rings. The molecule has 0 bridgehead atoms. The summed E-state index contributed by atoms with van der Waals surface area (Å²) in [6, 6.07) is 7.07. The third kappa shape index (κ3) is 3.85. The van der Waals surface area contributed by atoms with E-state index < -0.39 is 0 Å². The molecular weight excluding hydrogens is 389 g/mol.